The van der Waals surface area contributed by atoms with E-state index >= 15 is 0 Å². The smallest absolute Gasteiger partial charge is 0.188 e. The Balaban J connectivity index is 0. The number of nitrogens with one attached hydrogen (secondary N) is 1. The molecule has 0 rings (SSSR count). The molecule has 0 aromatic carbocycles. The zero-order chi connectivity index (χ0) is 15.8. The zero-order valence-electron chi connectivity index (χ0n) is 15.1. The summed E-state index contributed by atoms with van der Waals surface area (Å²) in [5, 5.41) is 3.29. The molecule has 1 atom stereocenters. The molecule has 0 saturated carbocycles. The van der Waals surface area contributed by atoms with Gasteiger partial charge in [-0.05, 0) is 38.8 Å². The van der Waals surface area contributed by atoms with E-state index < -0.39 is 0 Å². The first-order chi connectivity index (χ1) is 9.12. The lowest BCUT2D eigenvalue weighted by atomic mass is 9.93. The lowest BCUT2D eigenvalue weighted by molar-refractivity contribution is 0.249. The molecule has 0 radical (unpaired) electrons. The van der Waals surface area contributed by atoms with Crippen LogP contribution in [0.2, 0.25) is 0 Å². The van der Waals surface area contributed by atoms with E-state index in [-0.39, 0.29) is 29.4 Å². The van der Waals surface area contributed by atoms with Gasteiger partial charge in [-0.25, -0.2) is 0 Å². The third-order valence-corrected chi connectivity index (χ3v) is 3.23. The van der Waals surface area contributed by atoms with Crippen LogP contribution in [0, 0.1) is 11.3 Å². The minimum Gasteiger partial charge on any atom is -0.370 e. The van der Waals surface area contributed by atoms with E-state index in [4.69, 9.17) is 5.73 Å². The third kappa shape index (κ3) is 14.7. The van der Waals surface area contributed by atoms with Crippen LogP contribution in [0.25, 0.3) is 0 Å². The zero-order valence-corrected chi connectivity index (χ0v) is 17.4. The number of nitrogens with zero attached hydrogens (tertiary/aromatic N) is 2. The minimum absolute atomic E-state index is 0. The van der Waals surface area contributed by atoms with Gasteiger partial charge in [0.15, 0.2) is 5.96 Å². The number of guanidine groups is 1. The highest BCUT2D eigenvalue weighted by Crippen LogP contribution is 2.16. The molecule has 4 nitrogen and oxygen atoms in total. The number of hydrogen-bond acceptors (Lipinski definition) is 2. The Bertz CT molecular complexity index is 288. The van der Waals surface area contributed by atoms with Gasteiger partial charge >= 0.3 is 0 Å². The Morgan fingerprint density at radius 3 is 2.24 bits per heavy atom. The minimum atomic E-state index is 0. The average Bonchev–Trinajstić information content (AvgIpc) is 2.24. The van der Waals surface area contributed by atoms with E-state index in [1.165, 1.54) is 12.8 Å². The second kappa shape index (κ2) is 11.5. The number of hydrogen-bond donors (Lipinski definition) is 2. The van der Waals surface area contributed by atoms with Gasteiger partial charge in [0.05, 0.1) is 0 Å². The van der Waals surface area contributed by atoms with Crippen LogP contribution in [-0.4, -0.2) is 44.1 Å². The van der Waals surface area contributed by atoms with Crippen LogP contribution in [-0.2, 0) is 0 Å². The van der Waals surface area contributed by atoms with Crippen LogP contribution in [0.3, 0.4) is 0 Å². The number of nitrogens with two attached hydrogens (primary N) is 1. The summed E-state index contributed by atoms with van der Waals surface area (Å²) in [7, 11) is 4.17. The van der Waals surface area contributed by atoms with Gasteiger partial charge in [0, 0.05) is 19.1 Å². The van der Waals surface area contributed by atoms with Crippen molar-refractivity contribution in [3.8, 4) is 0 Å². The number of rotatable bonds is 9. The molecule has 0 aliphatic rings. The van der Waals surface area contributed by atoms with Crippen molar-refractivity contribution < 1.29 is 0 Å². The molecular formula is C16H37IN4. The Morgan fingerprint density at radius 2 is 1.76 bits per heavy atom. The lowest BCUT2D eigenvalue weighted by Gasteiger charge is -2.26. The first-order valence-corrected chi connectivity index (χ1v) is 7.83. The predicted octanol–water partition coefficient (Wildman–Crippen LogP) is 3.31. The standard InChI is InChI=1S/C16H36N4.HI/c1-13(2)9-8-10-14(3)19-15(17)18-11-16(4,5)12-20(6)7;/h13-14H,8-12H2,1-7H3,(H3,17,18,19);1H. The summed E-state index contributed by atoms with van der Waals surface area (Å²) >= 11 is 0. The van der Waals surface area contributed by atoms with Gasteiger partial charge in [-0.1, -0.05) is 40.5 Å². The van der Waals surface area contributed by atoms with Gasteiger partial charge in [-0.2, -0.15) is 0 Å². The summed E-state index contributed by atoms with van der Waals surface area (Å²) in [6.45, 7) is 12.9. The molecule has 5 heteroatoms. The Kier molecular flexibility index (Phi) is 12.7. The highest BCUT2D eigenvalue weighted by molar-refractivity contribution is 14.0. The van der Waals surface area contributed by atoms with Gasteiger partial charge in [0.1, 0.15) is 0 Å². The van der Waals surface area contributed by atoms with Crippen LogP contribution in [0.4, 0.5) is 0 Å². The van der Waals surface area contributed by atoms with Crippen molar-refractivity contribution in [2.45, 2.75) is 59.9 Å². The maximum absolute atomic E-state index is 5.97. The van der Waals surface area contributed by atoms with Crippen molar-refractivity contribution in [2.24, 2.45) is 22.1 Å². The molecule has 0 aliphatic carbocycles. The van der Waals surface area contributed by atoms with Gasteiger partial charge < -0.3 is 16.0 Å². The molecule has 1 unspecified atom stereocenters. The van der Waals surface area contributed by atoms with E-state index in [1.54, 1.807) is 0 Å². The molecule has 0 aromatic heterocycles. The SMILES string of the molecule is CC(C)CCCC(C)NC(N)=NCC(C)(C)CN(C)C.I. The summed E-state index contributed by atoms with van der Waals surface area (Å²) in [5.74, 6) is 1.36. The summed E-state index contributed by atoms with van der Waals surface area (Å²) in [4.78, 5) is 6.68. The van der Waals surface area contributed by atoms with Crippen molar-refractivity contribution >= 4 is 29.9 Å². The fourth-order valence-corrected chi connectivity index (χ4v) is 2.41. The Labute approximate surface area is 149 Å². The third-order valence-electron chi connectivity index (χ3n) is 3.23. The van der Waals surface area contributed by atoms with Crippen molar-refractivity contribution in [1.82, 2.24) is 10.2 Å². The summed E-state index contributed by atoms with van der Waals surface area (Å²) in [5.41, 5.74) is 6.12. The van der Waals surface area contributed by atoms with Gasteiger partial charge in [0.2, 0.25) is 0 Å². The molecule has 0 fully saturated rings. The van der Waals surface area contributed by atoms with Gasteiger partial charge in [-0.15, -0.1) is 24.0 Å². The molecule has 0 bridgehead atoms. The monoisotopic (exact) mass is 412 g/mol. The van der Waals surface area contributed by atoms with Crippen LogP contribution >= 0.6 is 24.0 Å². The topological polar surface area (TPSA) is 53.6 Å². The van der Waals surface area contributed by atoms with E-state index in [1.807, 2.05) is 0 Å². The first-order valence-electron chi connectivity index (χ1n) is 7.83. The average molecular weight is 412 g/mol. The molecule has 0 aliphatic heterocycles. The normalized spacial score (nSPS) is 14.2. The fraction of sp³-hybridized carbons (Fsp3) is 0.938. The van der Waals surface area contributed by atoms with E-state index in [0.29, 0.717) is 12.0 Å². The molecule has 0 saturated heterocycles. The predicted molar refractivity (Wildman–Crippen MR) is 106 cm³/mol. The van der Waals surface area contributed by atoms with E-state index in [2.05, 4.69) is 63.9 Å². The van der Waals surface area contributed by atoms with Crippen LogP contribution in [0.1, 0.15) is 53.9 Å². The largest absolute Gasteiger partial charge is 0.370 e. The fourth-order valence-electron chi connectivity index (χ4n) is 2.41. The lowest BCUT2D eigenvalue weighted by Crippen LogP contribution is -2.40. The highest BCUT2D eigenvalue weighted by atomic mass is 127. The molecule has 0 heterocycles. The van der Waals surface area contributed by atoms with Crippen molar-refractivity contribution in [3.05, 3.63) is 0 Å². The second-order valence-electron chi connectivity index (χ2n) is 7.47. The molecule has 3 N–H and O–H groups in total. The molecule has 21 heavy (non-hydrogen) atoms. The van der Waals surface area contributed by atoms with E-state index in [0.717, 1.165) is 25.4 Å². The molecule has 128 valence electrons. The quantitative estimate of drug-likeness (QED) is 0.347. The second-order valence-corrected chi connectivity index (χ2v) is 7.47. The summed E-state index contributed by atoms with van der Waals surface area (Å²) < 4.78 is 0. The van der Waals surface area contributed by atoms with Crippen molar-refractivity contribution in [2.75, 3.05) is 27.2 Å². The van der Waals surface area contributed by atoms with E-state index in [9.17, 15) is 0 Å². The number of aliphatic imine (C=N–C) groups is 1. The van der Waals surface area contributed by atoms with Crippen LogP contribution in [0.5, 0.6) is 0 Å². The highest BCUT2D eigenvalue weighted by Gasteiger charge is 2.18. The maximum atomic E-state index is 5.97. The Hall–Kier alpha value is -0.0400. The molecule has 0 amide bonds. The first kappa shape index (κ1) is 23.2. The van der Waals surface area contributed by atoms with Gasteiger partial charge in [-0.3, -0.25) is 4.99 Å². The maximum Gasteiger partial charge on any atom is 0.188 e. The summed E-state index contributed by atoms with van der Waals surface area (Å²) in [6.07, 6.45) is 3.67. The van der Waals surface area contributed by atoms with Crippen LogP contribution < -0.4 is 11.1 Å². The Morgan fingerprint density at radius 1 is 1.19 bits per heavy atom. The van der Waals surface area contributed by atoms with Crippen molar-refractivity contribution in [1.29, 1.82) is 0 Å². The summed E-state index contributed by atoms with van der Waals surface area (Å²) in [6, 6.07) is 0.398. The molecule has 0 aromatic rings. The van der Waals surface area contributed by atoms with Crippen molar-refractivity contribution in [3.63, 3.8) is 0 Å². The number of halogens is 1. The van der Waals surface area contributed by atoms with Gasteiger partial charge in [0.25, 0.3) is 0 Å². The molecular weight excluding hydrogens is 375 g/mol. The molecule has 0 spiro atoms. The van der Waals surface area contributed by atoms with Crippen LogP contribution in [0.15, 0.2) is 4.99 Å².